The van der Waals surface area contributed by atoms with E-state index >= 15 is 0 Å². The van der Waals surface area contributed by atoms with E-state index in [2.05, 4.69) is 17.4 Å². The number of allylic oxidation sites excluding steroid dienone is 2. The molecular formula is C21H32F2O4S. The number of Topliss-reactive ketones (excluding diaryl/α,β-unsaturated/α-hetero) is 2. The smallest absolute Gasteiger partial charge is 0.305 e. The number of carbonyl (C=O) groups is 3. The monoisotopic (exact) mass is 418 g/mol. The van der Waals surface area contributed by atoms with Crippen LogP contribution in [0.1, 0.15) is 71.1 Å². The molecule has 0 bridgehead atoms. The molecule has 1 aliphatic rings. The number of halogens is 2. The Labute approximate surface area is 171 Å². The molecule has 1 aliphatic carbocycles. The van der Waals surface area contributed by atoms with Gasteiger partial charge in [-0.1, -0.05) is 25.5 Å². The summed E-state index contributed by atoms with van der Waals surface area (Å²) in [7, 11) is 1.35. The van der Waals surface area contributed by atoms with E-state index in [1.165, 1.54) is 7.11 Å². The van der Waals surface area contributed by atoms with Crippen molar-refractivity contribution in [1.29, 1.82) is 0 Å². The van der Waals surface area contributed by atoms with Crippen LogP contribution >= 0.6 is 12.6 Å². The van der Waals surface area contributed by atoms with Crippen molar-refractivity contribution in [3.8, 4) is 0 Å². The normalized spacial score (nSPS) is 22.8. The minimum atomic E-state index is -3.28. The molecule has 1 saturated carbocycles. The van der Waals surface area contributed by atoms with E-state index in [0.717, 1.165) is 0 Å². The van der Waals surface area contributed by atoms with Crippen molar-refractivity contribution in [1.82, 2.24) is 0 Å². The minimum Gasteiger partial charge on any atom is -0.469 e. The number of unbranched alkanes of at least 4 members (excludes halogenated alkanes) is 2. The highest BCUT2D eigenvalue weighted by atomic mass is 32.1. The van der Waals surface area contributed by atoms with Crippen molar-refractivity contribution in [3.05, 3.63) is 12.2 Å². The van der Waals surface area contributed by atoms with Crippen LogP contribution in [-0.2, 0) is 19.1 Å². The van der Waals surface area contributed by atoms with Crippen LogP contribution in [0.2, 0.25) is 0 Å². The second-order valence-electron chi connectivity index (χ2n) is 7.45. The Kier molecular flexibility index (Phi) is 10.9. The lowest BCUT2D eigenvalue weighted by Gasteiger charge is -2.21. The molecule has 0 aromatic heterocycles. The Balaban J connectivity index is 2.51. The maximum Gasteiger partial charge on any atom is 0.305 e. The average Bonchev–Trinajstić information content (AvgIpc) is 2.93. The molecule has 0 aromatic rings. The summed E-state index contributed by atoms with van der Waals surface area (Å²) in [5.41, 5.74) is 0. The molecule has 4 nitrogen and oxygen atoms in total. The van der Waals surface area contributed by atoms with Gasteiger partial charge in [0.15, 0.2) is 0 Å². The summed E-state index contributed by atoms with van der Waals surface area (Å²) in [6, 6.07) is 0. The van der Waals surface area contributed by atoms with Gasteiger partial charge in [0.25, 0.3) is 0 Å². The van der Waals surface area contributed by atoms with Crippen molar-refractivity contribution in [2.45, 2.75) is 82.3 Å². The van der Waals surface area contributed by atoms with Crippen molar-refractivity contribution in [3.63, 3.8) is 0 Å². The molecule has 7 heteroatoms. The van der Waals surface area contributed by atoms with Crippen molar-refractivity contribution in [2.24, 2.45) is 11.8 Å². The summed E-state index contributed by atoms with van der Waals surface area (Å²) in [5, 5.41) is -0.192. The number of hydrogen-bond donors (Lipinski definition) is 1. The maximum absolute atomic E-state index is 13.9. The Hall–Kier alpha value is -1.24. The molecule has 1 unspecified atom stereocenters. The molecule has 0 spiro atoms. The fourth-order valence-electron chi connectivity index (χ4n) is 3.56. The zero-order valence-electron chi connectivity index (χ0n) is 16.8. The molecule has 0 aromatic carbocycles. The first-order valence-electron chi connectivity index (χ1n) is 10.1. The number of hydrogen-bond acceptors (Lipinski definition) is 5. The topological polar surface area (TPSA) is 60.4 Å². The second-order valence-corrected chi connectivity index (χ2v) is 8.12. The Morgan fingerprint density at radius 1 is 1.25 bits per heavy atom. The Morgan fingerprint density at radius 2 is 1.96 bits per heavy atom. The van der Waals surface area contributed by atoms with E-state index in [4.69, 9.17) is 0 Å². The fourth-order valence-corrected chi connectivity index (χ4v) is 4.10. The molecule has 0 N–H and O–H groups in total. The molecule has 0 amide bonds. The van der Waals surface area contributed by atoms with Gasteiger partial charge >= 0.3 is 11.9 Å². The van der Waals surface area contributed by atoms with Crippen LogP contribution in [0.5, 0.6) is 0 Å². The number of thiol groups is 1. The van der Waals surface area contributed by atoms with Crippen LogP contribution in [0.3, 0.4) is 0 Å². The predicted molar refractivity (Wildman–Crippen MR) is 108 cm³/mol. The summed E-state index contributed by atoms with van der Waals surface area (Å²) in [5.74, 6) is -4.93. The minimum absolute atomic E-state index is 0.0782. The zero-order chi connectivity index (χ0) is 21.2. The second kappa shape index (κ2) is 12.3. The highest BCUT2D eigenvalue weighted by Gasteiger charge is 2.42. The van der Waals surface area contributed by atoms with Gasteiger partial charge in [-0.25, -0.2) is 0 Å². The van der Waals surface area contributed by atoms with E-state index in [-0.39, 0.29) is 41.7 Å². The van der Waals surface area contributed by atoms with Crippen LogP contribution in [0, 0.1) is 11.8 Å². The third-order valence-electron chi connectivity index (χ3n) is 5.33. The van der Waals surface area contributed by atoms with Crippen LogP contribution < -0.4 is 0 Å². The average molecular weight is 419 g/mol. The molecule has 0 aliphatic heterocycles. The molecular weight excluding hydrogens is 386 g/mol. The van der Waals surface area contributed by atoms with Gasteiger partial charge in [0.1, 0.15) is 5.78 Å². The van der Waals surface area contributed by atoms with Crippen molar-refractivity contribution >= 4 is 30.2 Å². The molecule has 0 heterocycles. The summed E-state index contributed by atoms with van der Waals surface area (Å²) in [4.78, 5) is 35.2. The summed E-state index contributed by atoms with van der Waals surface area (Å²) in [6.07, 6.45) is 6.94. The highest BCUT2D eigenvalue weighted by molar-refractivity contribution is 7.81. The van der Waals surface area contributed by atoms with E-state index in [9.17, 15) is 23.2 Å². The number of esters is 1. The van der Waals surface area contributed by atoms with E-state index in [1.54, 1.807) is 0 Å². The molecule has 160 valence electrons. The van der Waals surface area contributed by atoms with Gasteiger partial charge in [-0.05, 0) is 38.0 Å². The number of methoxy groups -OCH3 is 1. The van der Waals surface area contributed by atoms with Crippen LogP contribution in [0.25, 0.3) is 0 Å². The van der Waals surface area contributed by atoms with E-state index in [1.807, 2.05) is 19.1 Å². The van der Waals surface area contributed by atoms with Crippen LogP contribution in [0.4, 0.5) is 8.78 Å². The number of alkyl halides is 2. The Bertz CT molecular complexity index is 563. The molecule has 3 atom stereocenters. The van der Waals surface area contributed by atoms with Gasteiger partial charge in [-0.15, -0.1) is 0 Å². The first-order chi connectivity index (χ1) is 13.2. The molecule has 0 radical (unpaired) electrons. The highest BCUT2D eigenvalue weighted by Crippen LogP contribution is 2.39. The third kappa shape index (κ3) is 8.02. The molecule has 28 heavy (non-hydrogen) atoms. The van der Waals surface area contributed by atoms with Crippen molar-refractivity contribution in [2.75, 3.05) is 7.11 Å². The molecule has 1 fully saturated rings. The van der Waals surface area contributed by atoms with Gasteiger partial charge in [0, 0.05) is 36.9 Å². The van der Waals surface area contributed by atoms with Gasteiger partial charge in [0.05, 0.1) is 7.11 Å². The standard InChI is InChI=1S/C21H32F2O4S/c1-3-4-13-21(22,23)19(25)12-11-16-15(17(24)14-18(16)28)9-7-5-6-8-10-20(26)27-2/h5,7,15-16,18,28H,3-4,6,8-14H2,1-2H3/t15-,16-,18?/m1/s1. The maximum atomic E-state index is 13.9. The quantitative estimate of drug-likeness (QED) is 0.199. The Morgan fingerprint density at radius 3 is 2.61 bits per heavy atom. The first-order valence-corrected chi connectivity index (χ1v) is 10.6. The number of rotatable bonds is 13. The lowest BCUT2D eigenvalue weighted by atomic mass is 9.86. The van der Waals surface area contributed by atoms with E-state index in [0.29, 0.717) is 44.9 Å². The lowest BCUT2D eigenvalue weighted by molar-refractivity contribution is -0.144. The van der Waals surface area contributed by atoms with Gasteiger partial charge < -0.3 is 4.74 Å². The van der Waals surface area contributed by atoms with Gasteiger partial charge in [-0.2, -0.15) is 21.4 Å². The SMILES string of the molecule is CCCCC(F)(F)C(=O)CC[C@H]1C(S)CC(=O)[C@@H]1CC=CCCCC(=O)OC. The molecule has 1 rings (SSSR count). The number of ether oxygens (including phenoxy) is 1. The van der Waals surface area contributed by atoms with Crippen LogP contribution in [-0.4, -0.2) is 35.8 Å². The number of carbonyl (C=O) groups excluding carboxylic acids is 3. The first kappa shape index (κ1) is 24.8. The summed E-state index contributed by atoms with van der Waals surface area (Å²) >= 11 is 4.45. The lowest BCUT2D eigenvalue weighted by Crippen LogP contribution is -2.30. The molecule has 0 saturated heterocycles. The third-order valence-corrected chi connectivity index (χ3v) is 5.89. The zero-order valence-corrected chi connectivity index (χ0v) is 17.7. The largest absolute Gasteiger partial charge is 0.469 e. The fraction of sp³-hybridized carbons (Fsp3) is 0.762. The predicted octanol–water partition coefficient (Wildman–Crippen LogP) is 4.95. The summed E-state index contributed by atoms with van der Waals surface area (Å²) < 4.78 is 32.3. The van der Waals surface area contributed by atoms with Crippen LogP contribution in [0.15, 0.2) is 12.2 Å². The van der Waals surface area contributed by atoms with E-state index < -0.39 is 18.1 Å². The van der Waals surface area contributed by atoms with Gasteiger partial charge in [0.2, 0.25) is 5.78 Å². The number of ketones is 2. The van der Waals surface area contributed by atoms with Crippen molar-refractivity contribution < 1.29 is 27.9 Å². The summed E-state index contributed by atoms with van der Waals surface area (Å²) in [6.45, 7) is 1.81. The van der Waals surface area contributed by atoms with Gasteiger partial charge in [-0.3, -0.25) is 14.4 Å².